The van der Waals surface area contributed by atoms with Crippen LogP contribution in [0.4, 0.5) is 13.2 Å². The average molecular weight is 380 g/mol. The van der Waals surface area contributed by atoms with Crippen molar-refractivity contribution in [3.63, 3.8) is 0 Å². The van der Waals surface area contributed by atoms with Crippen LogP contribution in [0.3, 0.4) is 0 Å². The first-order chi connectivity index (χ1) is 11.7. The van der Waals surface area contributed by atoms with E-state index in [0.29, 0.717) is 12.3 Å². The van der Waals surface area contributed by atoms with Crippen molar-refractivity contribution in [3.8, 4) is 0 Å². The van der Waals surface area contributed by atoms with Crippen LogP contribution in [0, 0.1) is 0 Å². The number of hydrogen-bond donors (Lipinski definition) is 1. The summed E-state index contributed by atoms with van der Waals surface area (Å²) in [4.78, 5) is 12.5. The lowest BCUT2D eigenvalue weighted by molar-refractivity contribution is -0.142. The zero-order valence-electron chi connectivity index (χ0n) is 14.1. The number of aromatic nitrogens is 2. The molecule has 1 N–H and O–H groups in total. The first-order valence-corrected chi connectivity index (χ1v) is 8.85. The summed E-state index contributed by atoms with van der Waals surface area (Å²) in [6, 6.07) is -1.09. The number of nitrogens with one attached hydrogen (secondary N) is 1. The summed E-state index contributed by atoms with van der Waals surface area (Å²) in [6.45, 7) is 4.03. The van der Waals surface area contributed by atoms with Gasteiger partial charge in [0.1, 0.15) is 6.04 Å². The van der Waals surface area contributed by atoms with E-state index in [9.17, 15) is 18.0 Å². The third-order valence-electron chi connectivity index (χ3n) is 4.76. The van der Waals surface area contributed by atoms with E-state index < -0.39 is 23.8 Å². The van der Waals surface area contributed by atoms with E-state index in [1.54, 1.807) is 0 Å². The summed E-state index contributed by atoms with van der Waals surface area (Å²) in [5.74, 6) is -0.459. The van der Waals surface area contributed by atoms with Crippen molar-refractivity contribution in [3.05, 3.63) is 16.4 Å². The molecule has 25 heavy (non-hydrogen) atoms. The number of carbonyl (C=O) groups is 1. The standard InChI is InChI=1S/C16H21ClF3N3O2/c1-8(11-4-3-7-25-11)21-15(24)9(2)23-13(10-5-6-10)12(17)14(22-23)16(18,19)20/h8-11H,3-7H2,1-2H3,(H,21,24)/t8-,9-,11-/m0/s1. The summed E-state index contributed by atoms with van der Waals surface area (Å²) in [7, 11) is 0. The van der Waals surface area contributed by atoms with E-state index in [0.717, 1.165) is 30.4 Å². The Hall–Kier alpha value is -1.28. The first kappa shape index (κ1) is 18.5. The smallest absolute Gasteiger partial charge is 0.376 e. The van der Waals surface area contributed by atoms with Gasteiger partial charge in [-0.05, 0) is 39.5 Å². The van der Waals surface area contributed by atoms with E-state index in [1.165, 1.54) is 6.92 Å². The molecule has 0 bridgehead atoms. The topological polar surface area (TPSA) is 56.2 Å². The van der Waals surface area contributed by atoms with Crippen molar-refractivity contribution in [1.82, 2.24) is 15.1 Å². The van der Waals surface area contributed by atoms with Crippen LogP contribution >= 0.6 is 11.6 Å². The summed E-state index contributed by atoms with van der Waals surface area (Å²) >= 11 is 5.95. The molecule has 0 spiro atoms. The van der Waals surface area contributed by atoms with Gasteiger partial charge >= 0.3 is 6.18 Å². The van der Waals surface area contributed by atoms with E-state index in [1.807, 2.05) is 6.92 Å². The van der Waals surface area contributed by atoms with Crippen LogP contribution < -0.4 is 5.32 Å². The molecule has 2 heterocycles. The van der Waals surface area contributed by atoms with Crippen LogP contribution in [0.2, 0.25) is 5.02 Å². The number of alkyl halides is 3. The molecule has 1 saturated carbocycles. The number of hydrogen-bond acceptors (Lipinski definition) is 3. The molecule has 0 aromatic carbocycles. The molecule has 0 unspecified atom stereocenters. The molecule has 1 aromatic rings. The maximum atomic E-state index is 13.1. The Kier molecular flexibility index (Phi) is 5.03. The Morgan fingerprint density at radius 3 is 2.56 bits per heavy atom. The van der Waals surface area contributed by atoms with Crippen molar-refractivity contribution in [2.24, 2.45) is 0 Å². The molecule has 3 atom stereocenters. The molecule has 2 fully saturated rings. The van der Waals surface area contributed by atoms with E-state index in [4.69, 9.17) is 16.3 Å². The Morgan fingerprint density at radius 2 is 2.04 bits per heavy atom. The number of nitrogens with zero attached hydrogens (tertiary/aromatic N) is 2. The lowest BCUT2D eigenvalue weighted by Crippen LogP contribution is -2.44. The third kappa shape index (κ3) is 3.79. The molecule has 1 amide bonds. The fourth-order valence-corrected chi connectivity index (χ4v) is 3.56. The molecule has 0 radical (unpaired) electrons. The monoisotopic (exact) mass is 379 g/mol. The van der Waals surface area contributed by atoms with Crippen LogP contribution in [-0.2, 0) is 15.7 Å². The second kappa shape index (κ2) is 6.79. The van der Waals surface area contributed by atoms with Crippen LogP contribution in [0.5, 0.6) is 0 Å². The highest BCUT2D eigenvalue weighted by Crippen LogP contribution is 2.47. The Bertz CT molecular complexity index is 652. The number of carbonyl (C=O) groups excluding carboxylic acids is 1. The van der Waals surface area contributed by atoms with E-state index in [2.05, 4.69) is 10.4 Å². The summed E-state index contributed by atoms with van der Waals surface area (Å²) in [5, 5.41) is 6.07. The Balaban J connectivity index is 1.81. The fourth-order valence-electron chi connectivity index (χ4n) is 3.17. The van der Waals surface area contributed by atoms with Gasteiger partial charge in [0.2, 0.25) is 5.91 Å². The molecular weight excluding hydrogens is 359 g/mol. The fraction of sp³-hybridized carbons (Fsp3) is 0.750. The van der Waals surface area contributed by atoms with Gasteiger partial charge in [0.15, 0.2) is 5.69 Å². The van der Waals surface area contributed by atoms with Crippen molar-refractivity contribution in [1.29, 1.82) is 0 Å². The first-order valence-electron chi connectivity index (χ1n) is 8.47. The molecule has 2 aliphatic rings. The van der Waals surface area contributed by atoms with Crippen molar-refractivity contribution >= 4 is 17.5 Å². The highest BCUT2D eigenvalue weighted by atomic mass is 35.5. The van der Waals surface area contributed by atoms with Gasteiger partial charge in [0, 0.05) is 12.5 Å². The summed E-state index contributed by atoms with van der Waals surface area (Å²) in [6.07, 6.45) is -1.41. The summed E-state index contributed by atoms with van der Waals surface area (Å²) < 4.78 is 46.1. The van der Waals surface area contributed by atoms with Gasteiger partial charge in [-0.1, -0.05) is 11.6 Å². The Morgan fingerprint density at radius 1 is 1.36 bits per heavy atom. The number of amides is 1. The predicted octanol–water partition coefficient (Wildman–Crippen LogP) is 3.68. The second-order valence-electron chi connectivity index (χ2n) is 6.79. The number of rotatable bonds is 5. The molecule has 5 nitrogen and oxygen atoms in total. The molecule has 3 rings (SSSR count). The average Bonchev–Trinajstić information content (AvgIpc) is 3.08. The molecule has 140 valence electrons. The lowest BCUT2D eigenvalue weighted by Gasteiger charge is -2.23. The number of halogens is 4. The predicted molar refractivity (Wildman–Crippen MR) is 85.5 cm³/mol. The maximum Gasteiger partial charge on any atom is 0.436 e. The summed E-state index contributed by atoms with van der Waals surface area (Å²) in [5.41, 5.74) is -0.815. The van der Waals surface area contributed by atoms with Crippen molar-refractivity contribution in [2.75, 3.05) is 6.61 Å². The minimum atomic E-state index is -4.65. The van der Waals surface area contributed by atoms with Gasteiger partial charge < -0.3 is 10.1 Å². The van der Waals surface area contributed by atoms with Gasteiger partial charge in [-0.3, -0.25) is 9.48 Å². The van der Waals surface area contributed by atoms with E-state index in [-0.39, 0.29) is 23.1 Å². The molecule has 1 aromatic heterocycles. The molecule has 1 aliphatic carbocycles. The normalized spacial score (nSPS) is 23.5. The number of ether oxygens (including phenoxy) is 1. The lowest BCUT2D eigenvalue weighted by atomic mass is 10.1. The van der Waals surface area contributed by atoms with Gasteiger partial charge in [0.05, 0.1) is 22.9 Å². The van der Waals surface area contributed by atoms with Crippen LogP contribution in [0.1, 0.15) is 62.9 Å². The molecule has 1 aliphatic heterocycles. The zero-order valence-corrected chi connectivity index (χ0v) is 14.8. The van der Waals surface area contributed by atoms with Crippen LogP contribution in [-0.4, -0.2) is 34.4 Å². The minimum absolute atomic E-state index is 0.0639. The Labute approximate surface area is 148 Å². The highest BCUT2D eigenvalue weighted by Gasteiger charge is 2.43. The zero-order chi connectivity index (χ0) is 18.4. The van der Waals surface area contributed by atoms with Crippen LogP contribution in [0.15, 0.2) is 0 Å². The highest BCUT2D eigenvalue weighted by molar-refractivity contribution is 6.32. The SMILES string of the molecule is C[C@H](NC(=O)[C@H](C)n1nc(C(F)(F)F)c(Cl)c1C1CC1)[C@@H]1CCCO1. The van der Waals surface area contributed by atoms with Crippen molar-refractivity contribution in [2.45, 2.75) is 69.8 Å². The van der Waals surface area contributed by atoms with Crippen LogP contribution in [0.25, 0.3) is 0 Å². The van der Waals surface area contributed by atoms with Gasteiger partial charge in [-0.25, -0.2) is 0 Å². The third-order valence-corrected chi connectivity index (χ3v) is 5.13. The van der Waals surface area contributed by atoms with Gasteiger partial charge in [0.25, 0.3) is 0 Å². The maximum absolute atomic E-state index is 13.1. The second-order valence-corrected chi connectivity index (χ2v) is 7.17. The minimum Gasteiger partial charge on any atom is -0.376 e. The molecule has 9 heteroatoms. The van der Waals surface area contributed by atoms with Gasteiger partial charge in [-0.2, -0.15) is 18.3 Å². The van der Waals surface area contributed by atoms with Crippen molar-refractivity contribution < 1.29 is 22.7 Å². The largest absolute Gasteiger partial charge is 0.436 e. The van der Waals surface area contributed by atoms with E-state index >= 15 is 0 Å². The molecular formula is C16H21ClF3N3O2. The van der Waals surface area contributed by atoms with Gasteiger partial charge in [-0.15, -0.1) is 0 Å². The molecule has 1 saturated heterocycles. The quantitative estimate of drug-likeness (QED) is 0.849.